The summed E-state index contributed by atoms with van der Waals surface area (Å²) in [6, 6.07) is 63.8. The summed E-state index contributed by atoms with van der Waals surface area (Å²) >= 11 is 0. The standard InChI is InChI=1S/C53H35N3O/c1-3-15-36(16-4-1)47-33-40(28-29-44(47)43-24-13-21-35-17-9-10-22-41(35)43)52-54-51(37-18-5-2-6-19-37)55-53(56-52)46-31-30-42(39-27-26-34-14-7-8-20-38(34)32-39)50-49(46)45-23-11-12-25-48(45)57-50/h1-33,44,47H. The molecule has 0 spiro atoms. The first-order valence-electron chi connectivity index (χ1n) is 19.4. The molecule has 0 N–H and O–H groups in total. The highest BCUT2D eigenvalue weighted by atomic mass is 16.3. The van der Waals surface area contributed by atoms with Gasteiger partial charge >= 0.3 is 0 Å². The lowest BCUT2D eigenvalue weighted by Crippen LogP contribution is -2.13. The second-order valence-corrected chi connectivity index (χ2v) is 14.7. The fourth-order valence-electron chi connectivity index (χ4n) is 8.59. The van der Waals surface area contributed by atoms with E-state index in [0.29, 0.717) is 17.5 Å². The molecule has 0 saturated carbocycles. The molecule has 4 nitrogen and oxygen atoms in total. The van der Waals surface area contributed by atoms with Gasteiger partial charge in [-0.2, -0.15) is 0 Å². The van der Waals surface area contributed by atoms with Crippen molar-refractivity contribution in [3.05, 3.63) is 217 Å². The van der Waals surface area contributed by atoms with Crippen LogP contribution in [0.4, 0.5) is 0 Å². The lowest BCUT2D eigenvalue weighted by atomic mass is 9.76. The van der Waals surface area contributed by atoms with Crippen LogP contribution >= 0.6 is 0 Å². The monoisotopic (exact) mass is 729 g/mol. The molecule has 0 fully saturated rings. The molecule has 57 heavy (non-hydrogen) atoms. The number of allylic oxidation sites excluding steroid dienone is 4. The van der Waals surface area contributed by atoms with Crippen molar-refractivity contribution in [1.29, 1.82) is 0 Å². The summed E-state index contributed by atoms with van der Waals surface area (Å²) in [6.45, 7) is 0. The molecule has 0 radical (unpaired) electrons. The molecule has 2 unspecified atom stereocenters. The maximum absolute atomic E-state index is 6.73. The highest BCUT2D eigenvalue weighted by Crippen LogP contribution is 2.45. The van der Waals surface area contributed by atoms with Gasteiger partial charge in [-0.15, -0.1) is 0 Å². The third-order valence-corrected chi connectivity index (χ3v) is 11.3. The molecule has 2 atom stereocenters. The molecule has 11 rings (SSSR count). The second-order valence-electron chi connectivity index (χ2n) is 14.7. The first kappa shape index (κ1) is 33.0. The summed E-state index contributed by atoms with van der Waals surface area (Å²) in [4.78, 5) is 15.7. The Labute approximate surface area is 330 Å². The molecule has 2 aromatic heterocycles. The second kappa shape index (κ2) is 13.7. The molecule has 0 aliphatic heterocycles. The lowest BCUT2D eigenvalue weighted by Gasteiger charge is -2.28. The van der Waals surface area contributed by atoms with E-state index >= 15 is 0 Å². The van der Waals surface area contributed by atoms with E-state index in [2.05, 4.69) is 170 Å². The predicted octanol–water partition coefficient (Wildman–Crippen LogP) is 13.6. The maximum Gasteiger partial charge on any atom is 0.164 e. The van der Waals surface area contributed by atoms with Crippen molar-refractivity contribution >= 4 is 49.1 Å². The van der Waals surface area contributed by atoms with Crippen LogP contribution in [0.25, 0.3) is 83.0 Å². The van der Waals surface area contributed by atoms with Gasteiger partial charge in [0.25, 0.3) is 0 Å². The molecular formula is C53H35N3O. The number of rotatable bonds is 6. The van der Waals surface area contributed by atoms with Gasteiger partial charge in [0.1, 0.15) is 11.2 Å². The first-order chi connectivity index (χ1) is 28.2. The van der Waals surface area contributed by atoms with Crippen molar-refractivity contribution in [2.24, 2.45) is 0 Å². The quantitative estimate of drug-likeness (QED) is 0.171. The number of hydrogen-bond donors (Lipinski definition) is 0. The van der Waals surface area contributed by atoms with Crippen LogP contribution in [0.5, 0.6) is 0 Å². The number of nitrogens with zero attached hydrogens (tertiary/aromatic N) is 3. The zero-order valence-electron chi connectivity index (χ0n) is 31.0. The van der Waals surface area contributed by atoms with Crippen LogP contribution in [0.1, 0.15) is 28.8 Å². The summed E-state index contributed by atoms with van der Waals surface area (Å²) in [6.07, 6.45) is 6.88. The fraction of sp³-hybridized carbons (Fsp3) is 0.0377. The van der Waals surface area contributed by atoms with Crippen LogP contribution in [0.15, 0.2) is 205 Å². The Hall–Kier alpha value is -7.43. The van der Waals surface area contributed by atoms with Crippen LogP contribution < -0.4 is 0 Å². The summed E-state index contributed by atoms with van der Waals surface area (Å²) in [5.74, 6) is 2.03. The molecule has 0 amide bonds. The van der Waals surface area contributed by atoms with Gasteiger partial charge in [-0.1, -0.05) is 176 Å². The molecule has 1 aliphatic rings. The van der Waals surface area contributed by atoms with Crippen molar-refractivity contribution in [3.63, 3.8) is 0 Å². The Balaban J connectivity index is 1.11. The zero-order valence-corrected chi connectivity index (χ0v) is 31.0. The molecule has 2 heterocycles. The van der Waals surface area contributed by atoms with Crippen molar-refractivity contribution in [1.82, 2.24) is 15.0 Å². The molecule has 0 saturated heterocycles. The van der Waals surface area contributed by atoms with E-state index < -0.39 is 0 Å². The summed E-state index contributed by atoms with van der Waals surface area (Å²) in [5, 5.41) is 6.90. The zero-order chi connectivity index (χ0) is 37.7. The number of benzene rings is 8. The lowest BCUT2D eigenvalue weighted by molar-refractivity contribution is 0.670. The molecular weight excluding hydrogens is 695 g/mol. The van der Waals surface area contributed by atoms with Crippen molar-refractivity contribution < 1.29 is 4.42 Å². The van der Waals surface area contributed by atoms with E-state index in [1.165, 1.54) is 32.7 Å². The molecule has 268 valence electrons. The number of para-hydroxylation sites is 1. The van der Waals surface area contributed by atoms with E-state index in [4.69, 9.17) is 19.4 Å². The van der Waals surface area contributed by atoms with Crippen LogP contribution in [-0.2, 0) is 0 Å². The van der Waals surface area contributed by atoms with Crippen LogP contribution in [0.2, 0.25) is 0 Å². The summed E-state index contributed by atoms with van der Waals surface area (Å²) in [5.41, 5.74) is 9.08. The van der Waals surface area contributed by atoms with E-state index in [0.717, 1.165) is 49.8 Å². The first-order valence-corrected chi connectivity index (χ1v) is 19.4. The number of furan rings is 1. The van der Waals surface area contributed by atoms with E-state index in [1.54, 1.807) is 0 Å². The van der Waals surface area contributed by atoms with Gasteiger partial charge in [0.05, 0.1) is 0 Å². The highest BCUT2D eigenvalue weighted by Gasteiger charge is 2.28. The Morgan fingerprint density at radius 1 is 0.439 bits per heavy atom. The average molecular weight is 730 g/mol. The van der Waals surface area contributed by atoms with Gasteiger partial charge in [-0.05, 0) is 62.5 Å². The minimum atomic E-state index is 0.0585. The van der Waals surface area contributed by atoms with Crippen molar-refractivity contribution in [2.75, 3.05) is 0 Å². The predicted molar refractivity (Wildman–Crippen MR) is 234 cm³/mol. The molecule has 8 aromatic carbocycles. The smallest absolute Gasteiger partial charge is 0.164 e. The number of fused-ring (bicyclic) bond motifs is 5. The van der Waals surface area contributed by atoms with Gasteiger partial charge < -0.3 is 4.42 Å². The van der Waals surface area contributed by atoms with Crippen LogP contribution in [0, 0.1) is 0 Å². The highest BCUT2D eigenvalue weighted by molar-refractivity contribution is 6.16. The Morgan fingerprint density at radius 2 is 1.11 bits per heavy atom. The van der Waals surface area contributed by atoms with Gasteiger partial charge in [0.2, 0.25) is 0 Å². The number of aromatic nitrogens is 3. The Kier molecular flexibility index (Phi) is 7.92. The normalized spacial score (nSPS) is 15.4. The van der Waals surface area contributed by atoms with E-state index in [9.17, 15) is 0 Å². The molecule has 1 aliphatic carbocycles. The molecule has 10 aromatic rings. The van der Waals surface area contributed by atoms with Crippen LogP contribution in [-0.4, -0.2) is 15.0 Å². The largest absolute Gasteiger partial charge is 0.455 e. The minimum absolute atomic E-state index is 0.0585. The van der Waals surface area contributed by atoms with Gasteiger partial charge in [-0.25, -0.2) is 15.0 Å². The molecule has 0 bridgehead atoms. The maximum atomic E-state index is 6.73. The van der Waals surface area contributed by atoms with E-state index in [-0.39, 0.29) is 11.8 Å². The Morgan fingerprint density at radius 3 is 1.96 bits per heavy atom. The van der Waals surface area contributed by atoms with Crippen molar-refractivity contribution in [2.45, 2.75) is 11.8 Å². The summed E-state index contributed by atoms with van der Waals surface area (Å²) in [7, 11) is 0. The Bertz CT molecular complexity index is 3190. The van der Waals surface area contributed by atoms with Crippen LogP contribution in [0.3, 0.4) is 0 Å². The average Bonchev–Trinajstić information content (AvgIpc) is 3.68. The fourth-order valence-corrected chi connectivity index (χ4v) is 8.59. The minimum Gasteiger partial charge on any atom is -0.455 e. The SMILES string of the molecule is C1=CC(c2cccc3ccccc23)C(c2ccccc2)C=C1c1nc(-c2ccccc2)nc(-c2ccc(-c3ccc4ccccc4c3)c3oc4ccccc4c23)n1. The van der Waals surface area contributed by atoms with Crippen molar-refractivity contribution in [3.8, 4) is 33.9 Å². The third kappa shape index (κ3) is 5.82. The van der Waals surface area contributed by atoms with E-state index in [1.807, 2.05) is 30.3 Å². The number of hydrogen-bond acceptors (Lipinski definition) is 4. The van der Waals surface area contributed by atoms with Gasteiger partial charge in [0, 0.05) is 44.9 Å². The third-order valence-electron chi connectivity index (χ3n) is 11.3. The van der Waals surface area contributed by atoms with Gasteiger partial charge in [0.15, 0.2) is 17.5 Å². The van der Waals surface area contributed by atoms with Gasteiger partial charge in [-0.3, -0.25) is 0 Å². The summed E-state index contributed by atoms with van der Waals surface area (Å²) < 4.78 is 6.73. The molecule has 4 heteroatoms. The topological polar surface area (TPSA) is 51.8 Å².